The molecule has 1 aromatic rings. The van der Waals surface area contributed by atoms with Crippen LogP contribution in [-0.2, 0) is 9.59 Å². The highest BCUT2D eigenvalue weighted by molar-refractivity contribution is 5.94. The standard InChI is InChI=1S/C18H26N4O4/c1-4-15(23)22-11-12(10-14(22)18(26)21(5-2)6-3)20-17(25)13-8-7-9-19-16(13)24/h7-9,12,14H,4-6,10-11H2,1-3H3,(H,19,24)(H,20,25)/t12-,14+/m1/s1. The van der Waals surface area contributed by atoms with Crippen molar-refractivity contribution >= 4 is 17.7 Å². The first-order chi connectivity index (χ1) is 12.4. The van der Waals surface area contributed by atoms with Crippen LogP contribution < -0.4 is 10.9 Å². The van der Waals surface area contributed by atoms with E-state index >= 15 is 0 Å². The molecule has 0 saturated carbocycles. The molecule has 0 unspecified atom stereocenters. The van der Waals surface area contributed by atoms with Crippen molar-refractivity contribution in [2.45, 2.75) is 45.7 Å². The van der Waals surface area contributed by atoms with Crippen LogP contribution in [0.1, 0.15) is 44.0 Å². The fourth-order valence-electron chi connectivity index (χ4n) is 3.26. The molecule has 26 heavy (non-hydrogen) atoms. The van der Waals surface area contributed by atoms with E-state index < -0.39 is 17.5 Å². The summed E-state index contributed by atoms with van der Waals surface area (Å²) in [5.74, 6) is -0.729. The van der Waals surface area contributed by atoms with Crippen molar-refractivity contribution in [3.05, 3.63) is 34.2 Å². The van der Waals surface area contributed by atoms with Crippen LogP contribution in [0, 0.1) is 0 Å². The molecular weight excluding hydrogens is 336 g/mol. The maximum atomic E-state index is 12.8. The Hall–Kier alpha value is -2.64. The average Bonchev–Trinajstić information content (AvgIpc) is 3.06. The van der Waals surface area contributed by atoms with Crippen LogP contribution >= 0.6 is 0 Å². The number of rotatable bonds is 6. The van der Waals surface area contributed by atoms with Crippen molar-refractivity contribution in [1.82, 2.24) is 20.1 Å². The third-order valence-electron chi connectivity index (χ3n) is 4.68. The minimum atomic E-state index is -0.582. The lowest BCUT2D eigenvalue weighted by Crippen LogP contribution is -2.47. The summed E-state index contributed by atoms with van der Waals surface area (Å²) in [5, 5.41) is 2.78. The van der Waals surface area contributed by atoms with E-state index in [4.69, 9.17) is 0 Å². The van der Waals surface area contributed by atoms with E-state index in [1.54, 1.807) is 22.8 Å². The number of likely N-dealkylation sites (tertiary alicyclic amines) is 1. The second kappa shape index (κ2) is 8.64. The fraction of sp³-hybridized carbons (Fsp3) is 0.556. The number of carbonyl (C=O) groups excluding carboxylic acids is 3. The lowest BCUT2D eigenvalue weighted by atomic mass is 10.1. The first kappa shape index (κ1) is 19.7. The van der Waals surface area contributed by atoms with Crippen molar-refractivity contribution in [3.8, 4) is 0 Å². The van der Waals surface area contributed by atoms with Gasteiger partial charge in [0.15, 0.2) is 0 Å². The molecule has 1 saturated heterocycles. The summed E-state index contributed by atoms with van der Waals surface area (Å²) in [6, 6.07) is 2.06. The second-order valence-corrected chi connectivity index (χ2v) is 6.24. The topological polar surface area (TPSA) is 103 Å². The number of hydrogen-bond donors (Lipinski definition) is 2. The van der Waals surface area contributed by atoms with Gasteiger partial charge in [0.05, 0.1) is 0 Å². The smallest absolute Gasteiger partial charge is 0.260 e. The first-order valence-electron chi connectivity index (χ1n) is 8.99. The van der Waals surface area contributed by atoms with E-state index in [2.05, 4.69) is 10.3 Å². The first-order valence-corrected chi connectivity index (χ1v) is 8.99. The predicted octanol–water partition coefficient (Wildman–Crippen LogP) is 0.353. The number of pyridine rings is 1. The number of carbonyl (C=O) groups is 3. The third-order valence-corrected chi connectivity index (χ3v) is 4.68. The minimum absolute atomic E-state index is 0.0133. The van der Waals surface area contributed by atoms with Gasteiger partial charge in [0, 0.05) is 38.3 Å². The highest BCUT2D eigenvalue weighted by Gasteiger charge is 2.41. The van der Waals surface area contributed by atoms with E-state index in [0.717, 1.165) is 0 Å². The summed E-state index contributed by atoms with van der Waals surface area (Å²) in [4.78, 5) is 54.8. The Morgan fingerprint density at radius 2 is 1.96 bits per heavy atom. The molecular formula is C18H26N4O4. The Morgan fingerprint density at radius 3 is 2.54 bits per heavy atom. The Labute approximate surface area is 152 Å². The van der Waals surface area contributed by atoms with Crippen LogP contribution in [0.5, 0.6) is 0 Å². The second-order valence-electron chi connectivity index (χ2n) is 6.24. The number of aromatic nitrogens is 1. The highest BCUT2D eigenvalue weighted by atomic mass is 16.2. The van der Waals surface area contributed by atoms with Crippen molar-refractivity contribution in [2.24, 2.45) is 0 Å². The molecule has 3 amide bonds. The molecule has 2 atom stereocenters. The van der Waals surface area contributed by atoms with Gasteiger partial charge in [-0.15, -0.1) is 0 Å². The van der Waals surface area contributed by atoms with Crippen molar-refractivity contribution < 1.29 is 14.4 Å². The molecule has 8 heteroatoms. The summed E-state index contributed by atoms with van der Waals surface area (Å²) >= 11 is 0. The molecule has 1 aliphatic heterocycles. The highest BCUT2D eigenvalue weighted by Crippen LogP contribution is 2.21. The molecule has 0 aliphatic carbocycles. The molecule has 1 aliphatic rings. The Kier molecular flexibility index (Phi) is 6.54. The molecule has 142 valence electrons. The number of aromatic amines is 1. The van der Waals surface area contributed by atoms with Crippen molar-refractivity contribution in [1.29, 1.82) is 0 Å². The molecule has 0 radical (unpaired) electrons. The van der Waals surface area contributed by atoms with Crippen LogP contribution in [0.2, 0.25) is 0 Å². The minimum Gasteiger partial charge on any atom is -0.347 e. The van der Waals surface area contributed by atoms with Gasteiger partial charge in [-0.25, -0.2) is 0 Å². The fourth-order valence-corrected chi connectivity index (χ4v) is 3.26. The Bertz CT molecular complexity index is 726. The summed E-state index contributed by atoms with van der Waals surface area (Å²) < 4.78 is 0. The Balaban J connectivity index is 2.15. The van der Waals surface area contributed by atoms with E-state index in [-0.39, 0.29) is 30.0 Å². The lowest BCUT2D eigenvalue weighted by molar-refractivity contribution is -0.143. The average molecular weight is 362 g/mol. The van der Waals surface area contributed by atoms with Gasteiger partial charge >= 0.3 is 0 Å². The van der Waals surface area contributed by atoms with Gasteiger partial charge < -0.3 is 20.1 Å². The van der Waals surface area contributed by atoms with E-state index in [0.29, 0.717) is 25.9 Å². The number of nitrogens with zero attached hydrogens (tertiary/aromatic N) is 2. The van der Waals surface area contributed by atoms with Gasteiger partial charge in [0.1, 0.15) is 11.6 Å². The number of amides is 3. The van der Waals surface area contributed by atoms with E-state index in [9.17, 15) is 19.2 Å². The zero-order valence-electron chi connectivity index (χ0n) is 15.4. The molecule has 2 rings (SSSR count). The van der Waals surface area contributed by atoms with Gasteiger partial charge in [-0.3, -0.25) is 19.2 Å². The molecule has 1 aromatic heterocycles. The quantitative estimate of drug-likeness (QED) is 0.762. The normalized spacial score (nSPS) is 19.3. The van der Waals surface area contributed by atoms with Gasteiger partial charge in [0.2, 0.25) is 11.8 Å². The van der Waals surface area contributed by atoms with Crippen LogP contribution in [0.25, 0.3) is 0 Å². The summed E-state index contributed by atoms with van der Waals surface area (Å²) in [6.45, 7) is 6.93. The SMILES string of the molecule is CCC(=O)N1C[C@H](NC(=O)c2ccc[nH]c2=O)C[C@H]1C(=O)N(CC)CC. The molecule has 8 nitrogen and oxygen atoms in total. The summed E-state index contributed by atoms with van der Waals surface area (Å²) in [7, 11) is 0. The van der Waals surface area contributed by atoms with Crippen molar-refractivity contribution in [2.75, 3.05) is 19.6 Å². The number of nitrogens with one attached hydrogen (secondary N) is 2. The van der Waals surface area contributed by atoms with Crippen LogP contribution in [0.3, 0.4) is 0 Å². The van der Waals surface area contributed by atoms with Crippen molar-refractivity contribution in [3.63, 3.8) is 0 Å². The summed E-state index contributed by atoms with van der Waals surface area (Å²) in [6.07, 6.45) is 2.09. The molecule has 0 aromatic carbocycles. The van der Waals surface area contributed by atoms with Gasteiger partial charge in [-0.05, 0) is 32.4 Å². The van der Waals surface area contributed by atoms with E-state index in [1.807, 2.05) is 13.8 Å². The molecule has 0 bridgehead atoms. The predicted molar refractivity (Wildman–Crippen MR) is 96.7 cm³/mol. The summed E-state index contributed by atoms with van der Waals surface area (Å²) in [5.41, 5.74) is -0.459. The zero-order chi connectivity index (χ0) is 19.3. The maximum Gasteiger partial charge on any atom is 0.260 e. The van der Waals surface area contributed by atoms with Crippen LogP contribution in [0.15, 0.2) is 23.1 Å². The van der Waals surface area contributed by atoms with Crippen LogP contribution in [-0.4, -0.2) is 64.2 Å². The lowest BCUT2D eigenvalue weighted by Gasteiger charge is -2.28. The molecule has 0 spiro atoms. The molecule has 1 fully saturated rings. The van der Waals surface area contributed by atoms with Gasteiger partial charge in [-0.1, -0.05) is 6.92 Å². The van der Waals surface area contributed by atoms with E-state index in [1.165, 1.54) is 12.3 Å². The Morgan fingerprint density at radius 1 is 1.27 bits per heavy atom. The maximum absolute atomic E-state index is 12.8. The monoisotopic (exact) mass is 362 g/mol. The zero-order valence-corrected chi connectivity index (χ0v) is 15.4. The number of H-pyrrole nitrogens is 1. The van der Waals surface area contributed by atoms with Gasteiger partial charge in [0.25, 0.3) is 11.5 Å². The largest absolute Gasteiger partial charge is 0.347 e. The van der Waals surface area contributed by atoms with Crippen LogP contribution in [0.4, 0.5) is 0 Å². The number of hydrogen-bond acceptors (Lipinski definition) is 4. The molecule has 2 N–H and O–H groups in total. The van der Waals surface area contributed by atoms with Gasteiger partial charge in [-0.2, -0.15) is 0 Å². The third kappa shape index (κ3) is 4.12. The molecule has 2 heterocycles. The number of likely N-dealkylation sites (N-methyl/N-ethyl adjacent to an activating group) is 1.